The predicted molar refractivity (Wildman–Crippen MR) is 210 cm³/mol. The summed E-state index contributed by atoms with van der Waals surface area (Å²) in [6, 6.07) is 0. The summed E-state index contributed by atoms with van der Waals surface area (Å²) in [5.74, 6) is 5.68. The number of aldehydes is 1. The lowest BCUT2D eigenvalue weighted by atomic mass is 10.5. The molecule has 11 nitrogen and oxygen atoms in total. The van der Waals surface area contributed by atoms with E-state index in [0.29, 0.717) is 24.3 Å². The first-order valence-electron chi connectivity index (χ1n) is 13.2. The smallest absolute Gasteiger partial charge is 0.234 e. The van der Waals surface area contributed by atoms with Crippen LogP contribution in [0.4, 0.5) is 0 Å². The van der Waals surface area contributed by atoms with Crippen LogP contribution in [0.1, 0.15) is 104 Å². The summed E-state index contributed by atoms with van der Waals surface area (Å²) in [5, 5.41) is 0. The van der Waals surface area contributed by atoms with E-state index in [1.54, 1.807) is 36.5 Å². The number of nitrogens with one attached hydrogen (secondary N) is 3. The summed E-state index contributed by atoms with van der Waals surface area (Å²) >= 11 is 1.75. The van der Waals surface area contributed by atoms with E-state index >= 15 is 0 Å². The van der Waals surface area contributed by atoms with Crippen LogP contribution in [-0.4, -0.2) is 36.2 Å². The Bertz CT molecular complexity index is 491. The number of halogens is 1. The van der Waals surface area contributed by atoms with E-state index in [4.69, 9.17) is 24.4 Å². The SMILES string of the molecule is C.C.C.C=CC.C=CC.C=CC.C=CC.C=CC.C=CC.CC.CC=O.CCNNC(=O)CCS.NNC(=O)CCS.[O-][I+3]([O-])([O-])[O-]. The molecular formula is C33H78IN4O7S2-. The van der Waals surface area contributed by atoms with Crippen molar-refractivity contribution in [2.45, 2.75) is 104 Å². The van der Waals surface area contributed by atoms with Crippen LogP contribution in [0.3, 0.4) is 0 Å². The van der Waals surface area contributed by atoms with Crippen molar-refractivity contribution in [3.05, 3.63) is 75.9 Å². The number of amides is 2. The molecule has 0 aromatic heterocycles. The molecule has 0 aliphatic heterocycles. The molecule has 0 aromatic rings. The van der Waals surface area contributed by atoms with Gasteiger partial charge >= 0.3 is 0 Å². The molecule has 0 radical (unpaired) electrons. The molecule has 14 heteroatoms. The molecule has 0 atom stereocenters. The van der Waals surface area contributed by atoms with Crippen molar-refractivity contribution in [3.8, 4) is 0 Å². The fourth-order valence-electron chi connectivity index (χ4n) is 0.525. The molecule has 0 spiro atoms. The third-order valence-electron chi connectivity index (χ3n) is 1.24. The largest absolute Gasteiger partial charge is 0.304 e. The molecule has 2 amide bonds. The molecule has 0 fully saturated rings. The average molecular weight is 834 g/mol. The van der Waals surface area contributed by atoms with E-state index in [9.17, 15) is 9.59 Å². The Morgan fingerprint density at radius 3 is 0.936 bits per heavy atom. The third-order valence-corrected chi connectivity index (χ3v) is 1.69. The Morgan fingerprint density at radius 2 is 0.830 bits per heavy atom. The van der Waals surface area contributed by atoms with Gasteiger partial charge in [0.1, 0.15) is 26.4 Å². The highest BCUT2D eigenvalue weighted by Crippen LogP contribution is 1.80. The van der Waals surface area contributed by atoms with Gasteiger partial charge in [0, 0.05) is 19.4 Å². The zero-order chi connectivity index (χ0) is 38.3. The summed E-state index contributed by atoms with van der Waals surface area (Å²) < 4.78 is 34.5. The van der Waals surface area contributed by atoms with E-state index in [2.05, 4.69) is 75.6 Å². The highest BCUT2D eigenvalue weighted by molar-refractivity contribution is 7.80. The maximum atomic E-state index is 10.6. The maximum absolute atomic E-state index is 10.6. The normalized spacial score (nSPS) is 6.32. The van der Waals surface area contributed by atoms with Gasteiger partial charge in [-0.2, -0.15) is 25.3 Å². The minimum Gasteiger partial charge on any atom is -0.304 e. The third kappa shape index (κ3) is 753. The average Bonchev–Trinajstić information content (AvgIpc) is 2.92. The zero-order valence-corrected chi connectivity index (χ0v) is 33.0. The van der Waals surface area contributed by atoms with Gasteiger partial charge in [-0.3, -0.25) is 34.2 Å². The Balaban J connectivity index is -0.0000000219. The quantitative estimate of drug-likeness (QED) is 0.0439. The Morgan fingerprint density at radius 1 is 0.660 bits per heavy atom. The van der Waals surface area contributed by atoms with Crippen molar-refractivity contribution in [1.82, 2.24) is 16.3 Å². The lowest BCUT2D eigenvalue weighted by Gasteiger charge is -2.08. The number of carbonyl (C=O) groups excluding carboxylic acids is 3. The van der Waals surface area contributed by atoms with Crippen LogP contribution in [-0.2, 0) is 14.4 Å². The van der Waals surface area contributed by atoms with Crippen molar-refractivity contribution >= 4 is 43.4 Å². The molecule has 0 rings (SSSR count). The van der Waals surface area contributed by atoms with E-state index in [1.807, 2.05) is 67.7 Å². The zero-order valence-electron chi connectivity index (χ0n) is 29.0. The summed E-state index contributed by atoms with van der Waals surface area (Å²) in [6.45, 7) is 39.6. The molecule has 0 bridgehead atoms. The molecule has 0 aliphatic rings. The minimum atomic E-state index is -5.94. The number of hydrogen-bond donors (Lipinski definition) is 6. The molecule has 0 aliphatic carbocycles. The highest BCUT2D eigenvalue weighted by atomic mass is 127. The van der Waals surface area contributed by atoms with Gasteiger partial charge in [-0.1, -0.05) is 79.5 Å². The molecular weight excluding hydrogens is 755 g/mol. The first kappa shape index (κ1) is 90.7. The topological polar surface area (TPSA) is 206 Å². The Kier molecular flexibility index (Phi) is 251. The summed E-state index contributed by atoms with van der Waals surface area (Å²) in [7, 11) is 0. The second-order valence-corrected chi connectivity index (χ2v) is 8.71. The maximum Gasteiger partial charge on any atom is 0.234 e. The van der Waals surface area contributed by atoms with Crippen LogP contribution in [0.25, 0.3) is 0 Å². The number of nitrogens with two attached hydrogens (primary N) is 1. The van der Waals surface area contributed by atoms with Crippen LogP contribution in [0.2, 0.25) is 0 Å². The van der Waals surface area contributed by atoms with Crippen molar-refractivity contribution in [1.29, 1.82) is 0 Å². The van der Waals surface area contributed by atoms with Crippen LogP contribution in [0, 0.1) is 0 Å². The second-order valence-electron chi connectivity index (χ2n) is 5.66. The lowest BCUT2D eigenvalue weighted by Crippen LogP contribution is -4.29. The van der Waals surface area contributed by atoms with E-state index < -0.39 is 20.1 Å². The summed E-state index contributed by atoms with van der Waals surface area (Å²) in [5.41, 5.74) is 7.17. The van der Waals surface area contributed by atoms with Gasteiger partial charge in [0.05, 0.1) is 0 Å². The molecule has 47 heavy (non-hydrogen) atoms. The number of hydrogen-bond acceptors (Lipinski definition) is 11. The molecule has 0 saturated heterocycles. The standard InChI is InChI=1S/C5H12N2OS.C3H8N2OS.6C3H6.C2H4O.C2H6.3CH4.IO4/c1-2-6-7-5(8)3-4-9;4-5-3(6)1-2-7;6*1-3-2;1-2-3;1-2;;;;2-1(3,4)5/h6,9H,2-4H2,1H3,(H,7,8);7H,1-2,4H2,(H,5,6);6*3H,1H2,2H3;2H,1H3;1-2H3;3*1H4;/q;;;;;;;;;;;;;-1. The fraction of sp³-hybridized carbons (Fsp3) is 0.545. The predicted octanol–water partition coefficient (Wildman–Crippen LogP) is 1.78. The minimum absolute atomic E-state index is 0. The van der Waals surface area contributed by atoms with Gasteiger partial charge in [-0.25, -0.2) is 11.3 Å². The lowest BCUT2D eigenvalue weighted by molar-refractivity contribution is -2.00. The number of thiol groups is 2. The van der Waals surface area contributed by atoms with E-state index in [-0.39, 0.29) is 34.1 Å². The monoisotopic (exact) mass is 833 g/mol. The molecule has 0 aromatic carbocycles. The Labute approximate surface area is 310 Å². The number of carbonyl (C=O) groups is 3. The number of hydrazine groups is 2. The number of rotatable bonds is 6. The van der Waals surface area contributed by atoms with Gasteiger partial charge in [0.25, 0.3) is 0 Å². The first-order valence-corrected chi connectivity index (χ1v) is 18.0. The van der Waals surface area contributed by atoms with Gasteiger partial charge < -0.3 is 4.79 Å². The molecule has 0 saturated carbocycles. The van der Waals surface area contributed by atoms with Crippen molar-refractivity contribution in [2.24, 2.45) is 5.84 Å². The molecule has 5 N–H and O–H groups in total. The first-order chi connectivity index (χ1) is 20.5. The van der Waals surface area contributed by atoms with Crippen LogP contribution in [0.15, 0.2) is 75.9 Å². The van der Waals surface area contributed by atoms with Gasteiger partial charge in [-0.05, 0) is 60.0 Å². The van der Waals surface area contributed by atoms with Crippen molar-refractivity contribution in [2.75, 3.05) is 18.1 Å². The van der Waals surface area contributed by atoms with E-state index in [1.165, 1.54) is 6.92 Å². The molecule has 292 valence electrons. The van der Waals surface area contributed by atoms with Crippen LogP contribution >= 0.6 is 25.3 Å². The van der Waals surface area contributed by atoms with Crippen molar-refractivity contribution in [3.63, 3.8) is 0 Å². The summed E-state index contributed by atoms with van der Waals surface area (Å²) in [6.07, 6.45) is 12.1. The van der Waals surface area contributed by atoms with Crippen LogP contribution in [0.5, 0.6) is 0 Å². The highest BCUT2D eigenvalue weighted by Gasteiger charge is 1.95. The van der Waals surface area contributed by atoms with Gasteiger partial charge in [0.15, 0.2) is 0 Å². The van der Waals surface area contributed by atoms with E-state index in [0.717, 1.165) is 12.8 Å². The van der Waals surface area contributed by atoms with Crippen molar-refractivity contribution < 1.29 is 48.2 Å². The summed E-state index contributed by atoms with van der Waals surface area (Å²) in [4.78, 5) is 29.5. The Hall–Kier alpha value is -1.76. The number of allylic oxidation sites excluding steroid dienone is 6. The van der Waals surface area contributed by atoms with Crippen LogP contribution < -0.4 is 56.0 Å². The second kappa shape index (κ2) is 130. The fourth-order valence-corrected chi connectivity index (χ4v) is 0.931. The molecule has 0 unspecified atom stereocenters. The van der Waals surface area contributed by atoms with Gasteiger partial charge in [0.2, 0.25) is 11.8 Å². The van der Waals surface area contributed by atoms with Gasteiger partial charge in [-0.15, -0.1) is 39.5 Å². The molecule has 0 heterocycles.